The number of hydrogen-bond acceptors (Lipinski definition) is 2. The first-order valence-electron chi connectivity index (χ1n) is 6.20. The molecule has 2 rings (SSSR count). The number of aromatic carboxylic acids is 1. The van der Waals surface area contributed by atoms with Gasteiger partial charge in [0.25, 0.3) is 5.91 Å². The zero-order valence-electron chi connectivity index (χ0n) is 11.6. The minimum Gasteiger partial charge on any atom is -0.478 e. The van der Waals surface area contributed by atoms with Gasteiger partial charge in [-0.25, -0.2) is 4.79 Å². The van der Waals surface area contributed by atoms with Crippen molar-refractivity contribution in [2.24, 2.45) is 0 Å². The van der Waals surface area contributed by atoms with Crippen LogP contribution in [0, 0.1) is 20.8 Å². The van der Waals surface area contributed by atoms with Gasteiger partial charge in [0, 0.05) is 17.5 Å². The Morgan fingerprint density at radius 3 is 2.55 bits per heavy atom. The number of rotatable bonds is 3. The fraction of sp³-hybridized carbons (Fsp3) is 0.200. The van der Waals surface area contributed by atoms with Gasteiger partial charge in [0.1, 0.15) is 5.56 Å². The predicted molar refractivity (Wildman–Crippen MR) is 76.4 cm³/mol. The summed E-state index contributed by atoms with van der Waals surface area (Å²) in [5.41, 5.74) is 3.24. The van der Waals surface area contributed by atoms with Crippen LogP contribution in [0.1, 0.15) is 37.5 Å². The first-order valence-corrected chi connectivity index (χ1v) is 6.20. The number of H-pyrrole nitrogens is 1. The summed E-state index contributed by atoms with van der Waals surface area (Å²) in [6.45, 7) is 5.39. The third kappa shape index (κ3) is 2.56. The molecule has 0 radical (unpaired) electrons. The van der Waals surface area contributed by atoms with Crippen LogP contribution in [0.3, 0.4) is 0 Å². The molecule has 1 aromatic heterocycles. The van der Waals surface area contributed by atoms with Gasteiger partial charge < -0.3 is 15.4 Å². The molecule has 0 fully saturated rings. The van der Waals surface area contributed by atoms with E-state index in [4.69, 9.17) is 5.11 Å². The highest BCUT2D eigenvalue weighted by molar-refractivity contribution is 6.08. The first-order chi connectivity index (χ1) is 9.40. The predicted octanol–water partition coefficient (Wildman–Crippen LogP) is 2.89. The van der Waals surface area contributed by atoms with Crippen molar-refractivity contribution >= 4 is 17.6 Å². The second-order valence-corrected chi connectivity index (χ2v) is 4.78. The zero-order chi connectivity index (χ0) is 14.9. The van der Waals surface area contributed by atoms with E-state index < -0.39 is 5.97 Å². The molecule has 1 heterocycles. The number of nitrogens with one attached hydrogen (secondary N) is 2. The van der Waals surface area contributed by atoms with Gasteiger partial charge in [0.05, 0.1) is 5.69 Å². The van der Waals surface area contributed by atoms with Crippen molar-refractivity contribution in [2.75, 3.05) is 5.32 Å². The molecule has 0 aliphatic rings. The molecular formula is C15H16N2O3. The molecule has 1 aromatic carbocycles. The van der Waals surface area contributed by atoms with Crippen LogP contribution in [-0.4, -0.2) is 22.0 Å². The monoisotopic (exact) mass is 272 g/mol. The topological polar surface area (TPSA) is 82.2 Å². The van der Waals surface area contributed by atoms with E-state index >= 15 is 0 Å². The first kappa shape index (κ1) is 13.9. The van der Waals surface area contributed by atoms with Crippen molar-refractivity contribution in [3.63, 3.8) is 0 Å². The summed E-state index contributed by atoms with van der Waals surface area (Å²) >= 11 is 0. The van der Waals surface area contributed by atoms with E-state index in [-0.39, 0.29) is 17.2 Å². The molecule has 104 valence electrons. The van der Waals surface area contributed by atoms with Crippen LogP contribution < -0.4 is 5.32 Å². The van der Waals surface area contributed by atoms with Gasteiger partial charge in [0.15, 0.2) is 0 Å². The quantitative estimate of drug-likeness (QED) is 0.803. The second-order valence-electron chi connectivity index (χ2n) is 4.78. The summed E-state index contributed by atoms with van der Waals surface area (Å²) in [6.07, 6.45) is 1.49. The van der Waals surface area contributed by atoms with E-state index in [2.05, 4.69) is 10.3 Å². The van der Waals surface area contributed by atoms with Crippen LogP contribution in [0.5, 0.6) is 0 Å². The summed E-state index contributed by atoms with van der Waals surface area (Å²) < 4.78 is 0. The number of aryl methyl sites for hydroxylation is 3. The molecule has 0 spiro atoms. The van der Waals surface area contributed by atoms with Crippen molar-refractivity contribution in [3.8, 4) is 0 Å². The van der Waals surface area contributed by atoms with Gasteiger partial charge in [-0.3, -0.25) is 4.79 Å². The van der Waals surface area contributed by atoms with Crippen LogP contribution >= 0.6 is 0 Å². The van der Waals surface area contributed by atoms with E-state index in [0.29, 0.717) is 11.3 Å². The third-order valence-electron chi connectivity index (χ3n) is 3.18. The molecule has 0 aliphatic carbocycles. The third-order valence-corrected chi connectivity index (χ3v) is 3.18. The molecule has 20 heavy (non-hydrogen) atoms. The summed E-state index contributed by atoms with van der Waals surface area (Å²) in [6, 6.07) is 5.57. The Balaban J connectivity index is 2.33. The standard InChI is InChI=1S/C15H16N2O3/c1-8-4-5-9(2)11(6-8)14(18)17-12-7-16-10(3)13(12)15(19)20/h4-7,16H,1-3H3,(H,17,18)(H,19,20). The number of anilines is 1. The fourth-order valence-electron chi connectivity index (χ4n) is 2.07. The van der Waals surface area contributed by atoms with Crippen LogP contribution in [0.25, 0.3) is 0 Å². The number of amides is 1. The van der Waals surface area contributed by atoms with Crippen LogP contribution in [0.15, 0.2) is 24.4 Å². The van der Waals surface area contributed by atoms with Crippen molar-refractivity contribution < 1.29 is 14.7 Å². The lowest BCUT2D eigenvalue weighted by atomic mass is 10.0. The Bertz CT molecular complexity index is 686. The van der Waals surface area contributed by atoms with Crippen molar-refractivity contribution in [1.82, 2.24) is 4.98 Å². The van der Waals surface area contributed by atoms with Crippen molar-refractivity contribution in [2.45, 2.75) is 20.8 Å². The molecule has 0 unspecified atom stereocenters. The van der Waals surface area contributed by atoms with Crippen molar-refractivity contribution in [3.05, 3.63) is 52.3 Å². The number of carbonyl (C=O) groups is 2. The molecule has 0 atom stereocenters. The van der Waals surface area contributed by atoms with E-state index in [1.54, 1.807) is 13.0 Å². The minimum absolute atomic E-state index is 0.0867. The van der Waals surface area contributed by atoms with E-state index in [1.165, 1.54) is 6.20 Å². The Kier molecular flexibility index (Phi) is 3.61. The summed E-state index contributed by atoms with van der Waals surface area (Å²) in [7, 11) is 0. The SMILES string of the molecule is Cc1ccc(C)c(C(=O)Nc2c[nH]c(C)c2C(=O)O)c1. The normalized spacial score (nSPS) is 10.3. The Morgan fingerprint density at radius 2 is 1.90 bits per heavy atom. The largest absolute Gasteiger partial charge is 0.478 e. The lowest BCUT2D eigenvalue weighted by Crippen LogP contribution is -2.15. The van der Waals surface area contributed by atoms with Crippen molar-refractivity contribution in [1.29, 1.82) is 0 Å². The van der Waals surface area contributed by atoms with Gasteiger partial charge in [-0.05, 0) is 32.4 Å². The highest BCUT2D eigenvalue weighted by atomic mass is 16.4. The minimum atomic E-state index is -1.07. The molecule has 0 bridgehead atoms. The number of aromatic amines is 1. The summed E-state index contributed by atoms with van der Waals surface area (Å²) in [5.74, 6) is -1.38. The van der Waals surface area contributed by atoms with Gasteiger partial charge in [-0.2, -0.15) is 0 Å². The molecule has 0 saturated carbocycles. The smallest absolute Gasteiger partial charge is 0.339 e. The molecule has 2 aromatic rings. The van der Waals surface area contributed by atoms with E-state index in [1.807, 2.05) is 26.0 Å². The molecule has 0 saturated heterocycles. The molecule has 0 aliphatic heterocycles. The lowest BCUT2D eigenvalue weighted by Gasteiger charge is -2.08. The highest BCUT2D eigenvalue weighted by Crippen LogP contribution is 2.21. The molecule has 3 N–H and O–H groups in total. The van der Waals surface area contributed by atoms with E-state index in [0.717, 1.165) is 11.1 Å². The number of benzene rings is 1. The van der Waals surface area contributed by atoms with Gasteiger partial charge in [0.2, 0.25) is 0 Å². The number of carboxylic acid groups (broad SMARTS) is 1. The van der Waals surface area contributed by atoms with Crippen LogP contribution in [0.2, 0.25) is 0 Å². The fourth-order valence-corrected chi connectivity index (χ4v) is 2.07. The number of carboxylic acids is 1. The lowest BCUT2D eigenvalue weighted by molar-refractivity contribution is 0.0697. The second kappa shape index (κ2) is 5.21. The molecule has 5 nitrogen and oxygen atoms in total. The van der Waals surface area contributed by atoms with E-state index in [9.17, 15) is 9.59 Å². The maximum Gasteiger partial charge on any atom is 0.339 e. The maximum atomic E-state index is 12.3. The maximum absolute atomic E-state index is 12.3. The average Bonchev–Trinajstić information content (AvgIpc) is 2.73. The molecule has 5 heteroatoms. The molecule has 1 amide bonds. The number of carbonyl (C=O) groups excluding carboxylic acids is 1. The number of hydrogen-bond donors (Lipinski definition) is 3. The highest BCUT2D eigenvalue weighted by Gasteiger charge is 2.18. The van der Waals surface area contributed by atoms with Crippen LogP contribution in [-0.2, 0) is 0 Å². The number of aromatic nitrogens is 1. The summed E-state index contributed by atoms with van der Waals surface area (Å²) in [5, 5.41) is 11.8. The van der Waals surface area contributed by atoms with Gasteiger partial charge >= 0.3 is 5.97 Å². The van der Waals surface area contributed by atoms with Crippen LogP contribution in [0.4, 0.5) is 5.69 Å². The Hall–Kier alpha value is -2.56. The zero-order valence-corrected chi connectivity index (χ0v) is 11.6. The Morgan fingerprint density at radius 1 is 1.20 bits per heavy atom. The Labute approximate surface area is 116 Å². The van der Waals surface area contributed by atoms with Gasteiger partial charge in [-0.15, -0.1) is 0 Å². The molecular weight excluding hydrogens is 256 g/mol. The average molecular weight is 272 g/mol. The van der Waals surface area contributed by atoms with Gasteiger partial charge in [-0.1, -0.05) is 17.7 Å². The summed E-state index contributed by atoms with van der Waals surface area (Å²) in [4.78, 5) is 26.2.